The normalized spacial score (nSPS) is 17.3. The summed E-state index contributed by atoms with van der Waals surface area (Å²) < 4.78 is 6.15. The number of pyridine rings is 1. The lowest BCUT2D eigenvalue weighted by Crippen LogP contribution is -2.50. The van der Waals surface area contributed by atoms with Gasteiger partial charge in [0, 0.05) is 73.6 Å². The topological polar surface area (TPSA) is 61.6 Å². The molecule has 2 aliphatic rings. The van der Waals surface area contributed by atoms with E-state index in [1.165, 1.54) is 10.9 Å². The van der Waals surface area contributed by atoms with Crippen LogP contribution in [0.3, 0.4) is 0 Å². The highest BCUT2D eigenvalue weighted by atomic mass is 35.5. The Bertz CT molecular complexity index is 1070. The Hall–Kier alpha value is -2.12. The highest BCUT2D eigenvalue weighted by Crippen LogP contribution is 2.31. The summed E-state index contributed by atoms with van der Waals surface area (Å²) in [5, 5.41) is 5.24. The van der Waals surface area contributed by atoms with Crippen molar-refractivity contribution in [2.75, 3.05) is 44.2 Å². The minimum absolute atomic E-state index is 0. The van der Waals surface area contributed by atoms with Crippen LogP contribution in [0.1, 0.15) is 17.0 Å². The molecule has 1 N–H and O–H groups in total. The van der Waals surface area contributed by atoms with Crippen molar-refractivity contribution in [3.05, 3.63) is 58.6 Å². The Balaban J connectivity index is 0.00000231. The van der Waals surface area contributed by atoms with Crippen molar-refractivity contribution in [3.63, 3.8) is 0 Å². The fourth-order valence-electron chi connectivity index (χ4n) is 4.39. The molecule has 4 heterocycles. The second-order valence-electron chi connectivity index (χ2n) is 7.97. The summed E-state index contributed by atoms with van der Waals surface area (Å²) in [6, 6.07) is 10.00. The smallest absolute Gasteiger partial charge is 0.241 e. The van der Waals surface area contributed by atoms with Crippen LogP contribution in [0, 0.1) is 0 Å². The van der Waals surface area contributed by atoms with E-state index in [4.69, 9.17) is 16.0 Å². The van der Waals surface area contributed by atoms with Gasteiger partial charge in [0.2, 0.25) is 5.91 Å². The van der Waals surface area contributed by atoms with E-state index in [9.17, 15) is 4.79 Å². The summed E-state index contributed by atoms with van der Waals surface area (Å²) in [7, 11) is 0. The lowest BCUT2D eigenvalue weighted by Gasteiger charge is -2.34. The Morgan fingerprint density at radius 3 is 2.81 bits per heavy atom. The molecule has 164 valence electrons. The van der Waals surface area contributed by atoms with Crippen molar-refractivity contribution in [2.45, 2.75) is 19.3 Å². The third kappa shape index (κ3) is 4.72. The van der Waals surface area contributed by atoms with Crippen LogP contribution in [-0.4, -0.2) is 55.1 Å². The quantitative estimate of drug-likeness (QED) is 0.645. The maximum atomic E-state index is 12.8. The van der Waals surface area contributed by atoms with Crippen molar-refractivity contribution in [1.82, 2.24) is 15.2 Å². The maximum Gasteiger partial charge on any atom is 0.241 e. The standard InChI is InChI=1S/C23H25ClN4O2.ClH/c24-16-1-2-17(26-14-16)7-10-27-11-12-28(23(29)15-27)18-3-4-19-20-5-8-25-9-6-21(20)30-22(19)13-18;/h1-4,13-14,25H,5-12,15H2;1H. The number of rotatable bonds is 4. The molecule has 0 unspecified atom stereocenters. The molecular formula is C23H26Cl2N4O2. The molecule has 5 rings (SSSR count). The molecule has 0 bridgehead atoms. The maximum absolute atomic E-state index is 12.8. The molecule has 8 heteroatoms. The average Bonchev–Trinajstić information content (AvgIpc) is 2.93. The van der Waals surface area contributed by atoms with Crippen LogP contribution in [0.5, 0.6) is 0 Å². The SMILES string of the molecule is Cl.O=C1CN(CCc2ccc(Cl)cn2)CCN1c1ccc2c3c(oc2c1)CCNCC3. The lowest BCUT2D eigenvalue weighted by molar-refractivity contribution is -0.121. The molecule has 2 aliphatic heterocycles. The van der Waals surface area contributed by atoms with E-state index in [0.717, 1.165) is 68.2 Å². The highest BCUT2D eigenvalue weighted by Gasteiger charge is 2.26. The zero-order valence-corrected chi connectivity index (χ0v) is 18.8. The van der Waals surface area contributed by atoms with E-state index in [1.807, 2.05) is 23.1 Å². The summed E-state index contributed by atoms with van der Waals surface area (Å²) in [6.45, 7) is 4.69. The van der Waals surface area contributed by atoms with E-state index in [-0.39, 0.29) is 18.3 Å². The van der Waals surface area contributed by atoms with Crippen molar-refractivity contribution >= 4 is 46.6 Å². The number of piperazine rings is 1. The van der Waals surface area contributed by atoms with Gasteiger partial charge >= 0.3 is 0 Å². The summed E-state index contributed by atoms with van der Waals surface area (Å²) in [6.07, 6.45) is 4.38. The van der Waals surface area contributed by atoms with E-state index in [1.54, 1.807) is 6.20 Å². The fourth-order valence-corrected chi connectivity index (χ4v) is 4.50. The van der Waals surface area contributed by atoms with Crippen LogP contribution in [0.2, 0.25) is 5.02 Å². The molecule has 1 amide bonds. The first-order valence-electron chi connectivity index (χ1n) is 10.6. The molecule has 1 fully saturated rings. The summed E-state index contributed by atoms with van der Waals surface area (Å²) in [4.78, 5) is 21.3. The molecule has 1 aromatic carbocycles. The fraction of sp³-hybridized carbons (Fsp3) is 0.391. The van der Waals surface area contributed by atoms with Gasteiger partial charge in [-0.25, -0.2) is 0 Å². The van der Waals surface area contributed by atoms with Gasteiger partial charge in [0.05, 0.1) is 11.6 Å². The largest absolute Gasteiger partial charge is 0.461 e. The highest BCUT2D eigenvalue weighted by molar-refractivity contribution is 6.30. The van der Waals surface area contributed by atoms with Gasteiger partial charge in [0.15, 0.2) is 0 Å². The second-order valence-corrected chi connectivity index (χ2v) is 8.41. The van der Waals surface area contributed by atoms with Crippen molar-refractivity contribution in [2.24, 2.45) is 0 Å². The number of carbonyl (C=O) groups is 1. The second kappa shape index (κ2) is 9.57. The summed E-state index contributed by atoms with van der Waals surface area (Å²) in [5.41, 5.74) is 4.12. The third-order valence-corrected chi connectivity index (χ3v) is 6.25. The van der Waals surface area contributed by atoms with Crippen LogP contribution in [0.15, 0.2) is 40.9 Å². The zero-order chi connectivity index (χ0) is 20.5. The van der Waals surface area contributed by atoms with Crippen molar-refractivity contribution in [1.29, 1.82) is 0 Å². The van der Waals surface area contributed by atoms with Crippen molar-refractivity contribution < 1.29 is 9.21 Å². The monoisotopic (exact) mass is 460 g/mol. The van der Waals surface area contributed by atoms with Gasteiger partial charge in [-0.05, 0) is 37.2 Å². The molecular weight excluding hydrogens is 435 g/mol. The number of hydrogen-bond donors (Lipinski definition) is 1. The van der Waals surface area contributed by atoms with E-state index < -0.39 is 0 Å². The molecule has 0 radical (unpaired) electrons. The third-order valence-electron chi connectivity index (χ3n) is 6.02. The molecule has 1 saturated heterocycles. The molecule has 31 heavy (non-hydrogen) atoms. The van der Waals surface area contributed by atoms with Crippen LogP contribution in [-0.2, 0) is 24.1 Å². The Morgan fingerprint density at radius 2 is 2.00 bits per heavy atom. The van der Waals surface area contributed by atoms with Gasteiger partial charge in [-0.2, -0.15) is 0 Å². The predicted octanol–water partition coefficient (Wildman–Crippen LogP) is 3.48. The first-order chi connectivity index (χ1) is 14.7. The van der Waals surface area contributed by atoms with Crippen molar-refractivity contribution in [3.8, 4) is 0 Å². The number of carbonyl (C=O) groups excluding carboxylic acids is 1. The van der Waals surface area contributed by atoms with Gasteiger partial charge in [-0.1, -0.05) is 11.6 Å². The Kier molecular flexibility index (Phi) is 6.82. The molecule has 0 spiro atoms. The number of halogens is 2. The van der Waals surface area contributed by atoms with Crippen LogP contribution >= 0.6 is 24.0 Å². The van der Waals surface area contributed by atoms with Gasteiger partial charge in [-0.3, -0.25) is 14.7 Å². The number of hydrogen-bond acceptors (Lipinski definition) is 5. The number of anilines is 1. The predicted molar refractivity (Wildman–Crippen MR) is 125 cm³/mol. The summed E-state index contributed by atoms with van der Waals surface area (Å²) in [5.74, 6) is 1.21. The molecule has 2 aromatic heterocycles. The minimum Gasteiger partial charge on any atom is -0.461 e. The average molecular weight is 461 g/mol. The van der Waals surface area contributed by atoms with Gasteiger partial charge in [0.1, 0.15) is 11.3 Å². The van der Waals surface area contributed by atoms with Crippen LogP contribution in [0.4, 0.5) is 5.69 Å². The lowest BCUT2D eigenvalue weighted by atomic mass is 10.1. The number of fused-ring (bicyclic) bond motifs is 3. The molecule has 0 aliphatic carbocycles. The summed E-state index contributed by atoms with van der Waals surface area (Å²) >= 11 is 5.89. The number of furan rings is 1. The molecule has 0 saturated carbocycles. The van der Waals surface area contributed by atoms with E-state index >= 15 is 0 Å². The zero-order valence-electron chi connectivity index (χ0n) is 17.3. The first kappa shape index (κ1) is 22.1. The molecule has 6 nitrogen and oxygen atoms in total. The Labute approximate surface area is 193 Å². The van der Waals surface area contributed by atoms with Crippen LogP contribution < -0.4 is 10.2 Å². The number of aromatic nitrogens is 1. The first-order valence-corrected chi connectivity index (χ1v) is 10.9. The van der Waals surface area contributed by atoms with E-state index in [2.05, 4.69) is 27.3 Å². The van der Waals surface area contributed by atoms with Gasteiger partial charge in [-0.15, -0.1) is 12.4 Å². The number of nitrogens with zero attached hydrogens (tertiary/aromatic N) is 3. The number of nitrogens with one attached hydrogen (secondary N) is 1. The molecule has 3 aromatic rings. The van der Waals surface area contributed by atoms with E-state index in [0.29, 0.717) is 18.1 Å². The molecule has 0 atom stereocenters. The minimum atomic E-state index is 0. The number of benzene rings is 1. The number of amides is 1. The van der Waals surface area contributed by atoms with Gasteiger partial charge < -0.3 is 14.6 Å². The van der Waals surface area contributed by atoms with Crippen LogP contribution in [0.25, 0.3) is 11.0 Å². The van der Waals surface area contributed by atoms with Gasteiger partial charge in [0.25, 0.3) is 0 Å². The Morgan fingerprint density at radius 1 is 1.13 bits per heavy atom.